The minimum Gasteiger partial charge on any atom is -0.480 e. The quantitative estimate of drug-likeness (QED) is 0.917. The first-order valence-electron chi connectivity index (χ1n) is 7.57. The monoisotopic (exact) mass is 277 g/mol. The number of ether oxygens (including phenoxy) is 1. The highest BCUT2D eigenvalue weighted by Gasteiger charge is 2.40. The Hall–Kier alpha value is -1.16. The molecule has 0 bridgehead atoms. The van der Waals surface area contributed by atoms with E-state index in [9.17, 15) is 0 Å². The Labute approximate surface area is 122 Å². The van der Waals surface area contributed by atoms with E-state index in [0.717, 1.165) is 37.3 Å². The standard InChI is InChI=1S/C16H27N3O/c1-5-15(2,3)12-6-8-16(17,9-7-12)13-14(20-4)19-11-10-18-13/h10-12H,5-9,17H2,1-4H3. The van der Waals surface area contributed by atoms with E-state index in [1.54, 1.807) is 19.5 Å². The topological polar surface area (TPSA) is 61.0 Å². The van der Waals surface area contributed by atoms with Crippen molar-refractivity contribution in [1.82, 2.24) is 9.97 Å². The van der Waals surface area contributed by atoms with Gasteiger partial charge >= 0.3 is 0 Å². The molecule has 1 aromatic rings. The summed E-state index contributed by atoms with van der Waals surface area (Å²) >= 11 is 0. The third kappa shape index (κ3) is 2.80. The van der Waals surface area contributed by atoms with Crippen molar-refractivity contribution in [3.8, 4) is 5.88 Å². The van der Waals surface area contributed by atoms with Crippen LogP contribution in [0.2, 0.25) is 0 Å². The van der Waals surface area contributed by atoms with Crippen molar-refractivity contribution >= 4 is 0 Å². The second kappa shape index (κ2) is 5.68. The molecule has 1 fully saturated rings. The van der Waals surface area contributed by atoms with Crippen molar-refractivity contribution in [3.05, 3.63) is 18.1 Å². The Morgan fingerprint density at radius 2 is 1.90 bits per heavy atom. The summed E-state index contributed by atoms with van der Waals surface area (Å²) in [6, 6.07) is 0. The second-order valence-electron chi connectivity index (χ2n) is 6.69. The Morgan fingerprint density at radius 1 is 1.30 bits per heavy atom. The average molecular weight is 277 g/mol. The zero-order chi connectivity index (χ0) is 14.8. The average Bonchev–Trinajstić information content (AvgIpc) is 2.47. The molecule has 0 spiro atoms. The van der Waals surface area contributed by atoms with E-state index in [-0.39, 0.29) is 5.54 Å². The van der Waals surface area contributed by atoms with E-state index < -0.39 is 0 Å². The van der Waals surface area contributed by atoms with Crippen LogP contribution in [0.3, 0.4) is 0 Å². The van der Waals surface area contributed by atoms with Gasteiger partial charge < -0.3 is 10.5 Å². The van der Waals surface area contributed by atoms with Crippen molar-refractivity contribution in [2.75, 3.05) is 7.11 Å². The van der Waals surface area contributed by atoms with Gasteiger partial charge in [-0.05, 0) is 37.0 Å². The Kier molecular flexibility index (Phi) is 4.33. The maximum absolute atomic E-state index is 6.62. The molecule has 0 aliphatic heterocycles. The lowest BCUT2D eigenvalue weighted by Crippen LogP contribution is -2.43. The van der Waals surface area contributed by atoms with Gasteiger partial charge in [0.1, 0.15) is 5.69 Å². The van der Waals surface area contributed by atoms with E-state index in [1.165, 1.54) is 6.42 Å². The molecule has 2 rings (SSSR count). The molecule has 0 saturated heterocycles. The van der Waals surface area contributed by atoms with Crippen molar-refractivity contribution in [2.45, 2.75) is 58.4 Å². The summed E-state index contributed by atoms with van der Waals surface area (Å²) in [4.78, 5) is 8.68. The highest BCUT2D eigenvalue weighted by atomic mass is 16.5. The number of methoxy groups -OCH3 is 1. The normalized spacial score (nSPS) is 27.4. The van der Waals surface area contributed by atoms with E-state index in [1.807, 2.05) is 0 Å². The fraction of sp³-hybridized carbons (Fsp3) is 0.750. The fourth-order valence-electron chi connectivity index (χ4n) is 3.26. The van der Waals surface area contributed by atoms with E-state index in [4.69, 9.17) is 10.5 Å². The van der Waals surface area contributed by atoms with Crippen LogP contribution in [0.4, 0.5) is 0 Å². The molecular formula is C16H27N3O. The van der Waals surface area contributed by atoms with Gasteiger partial charge in [-0.15, -0.1) is 0 Å². The van der Waals surface area contributed by atoms with Crippen molar-refractivity contribution in [2.24, 2.45) is 17.1 Å². The summed E-state index contributed by atoms with van der Waals surface area (Å²) < 4.78 is 5.33. The van der Waals surface area contributed by atoms with Gasteiger partial charge in [-0.1, -0.05) is 27.2 Å². The molecule has 112 valence electrons. The van der Waals surface area contributed by atoms with Crippen LogP contribution in [-0.4, -0.2) is 17.1 Å². The molecule has 20 heavy (non-hydrogen) atoms. The summed E-state index contributed by atoms with van der Waals surface area (Å²) in [6.07, 6.45) is 8.77. The Bertz CT molecular complexity index is 451. The number of hydrogen-bond acceptors (Lipinski definition) is 4. The smallest absolute Gasteiger partial charge is 0.237 e. The first-order chi connectivity index (χ1) is 9.43. The van der Waals surface area contributed by atoms with E-state index >= 15 is 0 Å². The van der Waals surface area contributed by atoms with Crippen LogP contribution in [-0.2, 0) is 5.54 Å². The molecule has 1 aromatic heterocycles. The maximum Gasteiger partial charge on any atom is 0.237 e. The zero-order valence-electron chi connectivity index (χ0n) is 13.1. The van der Waals surface area contributed by atoms with Crippen LogP contribution in [0.15, 0.2) is 12.4 Å². The van der Waals surface area contributed by atoms with Crippen LogP contribution in [0.25, 0.3) is 0 Å². The molecule has 4 heteroatoms. The van der Waals surface area contributed by atoms with Gasteiger partial charge in [0, 0.05) is 12.4 Å². The highest BCUT2D eigenvalue weighted by molar-refractivity contribution is 5.26. The van der Waals surface area contributed by atoms with Crippen LogP contribution in [0.1, 0.15) is 58.6 Å². The summed E-state index contributed by atoms with van der Waals surface area (Å²) in [5, 5.41) is 0. The largest absolute Gasteiger partial charge is 0.480 e. The predicted molar refractivity (Wildman–Crippen MR) is 80.5 cm³/mol. The van der Waals surface area contributed by atoms with Crippen molar-refractivity contribution < 1.29 is 4.74 Å². The number of hydrogen-bond donors (Lipinski definition) is 1. The molecule has 1 heterocycles. The molecule has 0 radical (unpaired) electrons. The van der Waals surface area contributed by atoms with Gasteiger partial charge in [-0.2, -0.15) is 0 Å². The number of nitrogens with zero attached hydrogens (tertiary/aromatic N) is 2. The molecule has 1 aliphatic rings. The third-order valence-electron chi connectivity index (χ3n) is 5.22. The minimum atomic E-state index is -0.389. The first-order valence-corrected chi connectivity index (χ1v) is 7.57. The Balaban J connectivity index is 2.16. The second-order valence-corrected chi connectivity index (χ2v) is 6.69. The molecule has 0 aromatic carbocycles. The molecule has 2 N–H and O–H groups in total. The lowest BCUT2D eigenvalue weighted by Gasteiger charge is -2.43. The van der Waals surface area contributed by atoms with Gasteiger partial charge in [-0.25, -0.2) is 4.98 Å². The predicted octanol–water partition coefficient (Wildman–Crippen LogP) is 3.27. The van der Waals surface area contributed by atoms with Gasteiger partial charge in [0.15, 0.2) is 0 Å². The lowest BCUT2D eigenvalue weighted by molar-refractivity contribution is 0.112. The summed E-state index contributed by atoms with van der Waals surface area (Å²) in [5.41, 5.74) is 7.44. The lowest BCUT2D eigenvalue weighted by atomic mass is 9.65. The SMILES string of the molecule is CCC(C)(C)C1CCC(N)(c2nccnc2OC)CC1. The highest BCUT2D eigenvalue weighted by Crippen LogP contribution is 2.46. The molecule has 0 amide bonds. The molecular weight excluding hydrogens is 250 g/mol. The molecule has 1 saturated carbocycles. The van der Waals surface area contributed by atoms with Crippen molar-refractivity contribution in [3.63, 3.8) is 0 Å². The maximum atomic E-state index is 6.62. The summed E-state index contributed by atoms with van der Waals surface area (Å²) in [6.45, 7) is 7.00. The molecule has 0 atom stereocenters. The number of nitrogens with two attached hydrogens (primary N) is 1. The van der Waals surface area contributed by atoms with Crippen LogP contribution in [0.5, 0.6) is 5.88 Å². The minimum absolute atomic E-state index is 0.389. The fourth-order valence-corrected chi connectivity index (χ4v) is 3.26. The number of aromatic nitrogens is 2. The first kappa shape index (κ1) is 15.2. The zero-order valence-corrected chi connectivity index (χ0v) is 13.1. The van der Waals surface area contributed by atoms with E-state index in [2.05, 4.69) is 30.7 Å². The van der Waals surface area contributed by atoms with Gasteiger partial charge in [0.05, 0.1) is 12.6 Å². The van der Waals surface area contributed by atoms with Crippen molar-refractivity contribution in [1.29, 1.82) is 0 Å². The van der Waals surface area contributed by atoms with E-state index in [0.29, 0.717) is 11.3 Å². The molecule has 1 aliphatic carbocycles. The van der Waals surface area contributed by atoms with Crippen LogP contribution >= 0.6 is 0 Å². The molecule has 4 nitrogen and oxygen atoms in total. The summed E-state index contributed by atoms with van der Waals surface area (Å²) in [5.74, 6) is 1.31. The third-order valence-corrected chi connectivity index (χ3v) is 5.22. The van der Waals surface area contributed by atoms with Crippen LogP contribution < -0.4 is 10.5 Å². The van der Waals surface area contributed by atoms with Gasteiger partial charge in [-0.3, -0.25) is 4.98 Å². The van der Waals surface area contributed by atoms with Crippen LogP contribution in [0, 0.1) is 11.3 Å². The van der Waals surface area contributed by atoms with Gasteiger partial charge in [0.2, 0.25) is 5.88 Å². The molecule has 0 unspecified atom stereocenters. The number of rotatable bonds is 4. The Morgan fingerprint density at radius 3 is 2.45 bits per heavy atom. The summed E-state index contributed by atoms with van der Waals surface area (Å²) in [7, 11) is 1.63. The van der Waals surface area contributed by atoms with Gasteiger partial charge in [0.25, 0.3) is 0 Å².